The highest BCUT2D eigenvalue weighted by Crippen LogP contribution is 2.27. The van der Waals surface area contributed by atoms with Gasteiger partial charge >= 0.3 is 5.97 Å². The molecular formula is C15H13ClN2O2. The third-order valence-electron chi connectivity index (χ3n) is 3.45. The number of carboxylic acids is 1. The number of benzene rings is 1. The molecule has 3 rings (SSSR count). The minimum atomic E-state index is -0.781. The molecule has 2 atom stereocenters. The fourth-order valence-electron chi connectivity index (χ4n) is 2.44. The lowest BCUT2D eigenvalue weighted by Gasteiger charge is -2.15. The van der Waals surface area contributed by atoms with Crippen molar-refractivity contribution in [3.05, 3.63) is 47.6 Å². The van der Waals surface area contributed by atoms with E-state index in [-0.39, 0.29) is 6.04 Å². The number of pyridine rings is 1. The predicted octanol–water partition coefficient (Wildman–Crippen LogP) is 3.33. The Hall–Kier alpha value is -2.07. The first-order valence-corrected chi connectivity index (χ1v) is 6.73. The van der Waals surface area contributed by atoms with Gasteiger partial charge in [-0.2, -0.15) is 0 Å². The third kappa shape index (κ3) is 2.47. The van der Waals surface area contributed by atoms with Crippen LogP contribution in [0.2, 0.25) is 5.02 Å². The fraction of sp³-hybridized carbons (Fsp3) is 0.200. The van der Waals surface area contributed by atoms with Crippen LogP contribution in [0.5, 0.6) is 0 Å². The Morgan fingerprint density at radius 2 is 2.20 bits per heavy atom. The Morgan fingerprint density at radius 1 is 1.35 bits per heavy atom. The second-order valence-electron chi connectivity index (χ2n) is 4.84. The van der Waals surface area contributed by atoms with Crippen LogP contribution >= 0.6 is 11.6 Å². The van der Waals surface area contributed by atoms with Crippen molar-refractivity contribution in [1.82, 2.24) is 4.98 Å². The molecule has 0 spiro atoms. The number of hydrogen-bond acceptors (Lipinski definition) is 3. The summed E-state index contributed by atoms with van der Waals surface area (Å²) in [5, 5.41) is 14.0. The summed E-state index contributed by atoms with van der Waals surface area (Å²) in [4.78, 5) is 15.2. The fourth-order valence-corrected chi connectivity index (χ4v) is 2.60. The highest BCUT2D eigenvalue weighted by molar-refractivity contribution is 6.31. The number of fused-ring (bicyclic) bond motifs is 1. The molecule has 2 unspecified atom stereocenters. The number of carbonyl (C=O) groups is 1. The lowest BCUT2D eigenvalue weighted by molar-refractivity contribution is -0.140. The smallest absolute Gasteiger partial charge is 0.310 e. The van der Waals surface area contributed by atoms with Gasteiger partial charge in [-0.3, -0.25) is 9.78 Å². The Kier molecular flexibility index (Phi) is 3.32. The number of aliphatic carboxylic acids is 1. The van der Waals surface area contributed by atoms with E-state index in [9.17, 15) is 4.79 Å². The van der Waals surface area contributed by atoms with Crippen LogP contribution in [0.4, 0.5) is 5.69 Å². The molecule has 0 amide bonds. The molecule has 5 heteroatoms. The molecule has 1 aliphatic rings. The lowest BCUT2D eigenvalue weighted by atomic mass is 10.1. The molecule has 0 saturated heterocycles. The van der Waals surface area contributed by atoms with Crippen molar-refractivity contribution in [2.75, 3.05) is 5.32 Å². The number of nitrogens with zero attached hydrogens (tertiary/aromatic N) is 1. The summed E-state index contributed by atoms with van der Waals surface area (Å²) < 4.78 is 0. The van der Waals surface area contributed by atoms with E-state index in [0.717, 1.165) is 16.6 Å². The molecule has 0 radical (unpaired) electrons. The average molecular weight is 289 g/mol. The van der Waals surface area contributed by atoms with Crippen molar-refractivity contribution in [3.8, 4) is 0 Å². The Labute approximate surface area is 121 Å². The lowest BCUT2D eigenvalue weighted by Crippen LogP contribution is -2.18. The van der Waals surface area contributed by atoms with Crippen molar-refractivity contribution in [1.29, 1.82) is 0 Å². The number of hydrogen-bond donors (Lipinski definition) is 2. The van der Waals surface area contributed by atoms with Crippen LogP contribution in [-0.4, -0.2) is 22.1 Å². The van der Waals surface area contributed by atoms with Gasteiger partial charge in [0.25, 0.3) is 0 Å². The molecule has 1 aliphatic carbocycles. The Balaban J connectivity index is 1.85. The van der Waals surface area contributed by atoms with Crippen LogP contribution in [0.1, 0.15) is 6.42 Å². The highest BCUT2D eigenvalue weighted by atomic mass is 35.5. The van der Waals surface area contributed by atoms with Crippen LogP contribution in [0, 0.1) is 5.92 Å². The van der Waals surface area contributed by atoms with E-state index in [2.05, 4.69) is 10.3 Å². The average Bonchev–Trinajstić information content (AvgIpc) is 2.87. The summed E-state index contributed by atoms with van der Waals surface area (Å²) in [7, 11) is 0. The van der Waals surface area contributed by atoms with Crippen molar-refractivity contribution in [2.24, 2.45) is 5.92 Å². The van der Waals surface area contributed by atoms with E-state index < -0.39 is 11.9 Å². The van der Waals surface area contributed by atoms with Crippen LogP contribution in [0.25, 0.3) is 10.9 Å². The molecule has 2 N–H and O–H groups in total. The van der Waals surface area contributed by atoms with E-state index >= 15 is 0 Å². The van der Waals surface area contributed by atoms with E-state index in [1.165, 1.54) is 0 Å². The zero-order chi connectivity index (χ0) is 14.1. The molecule has 0 fully saturated rings. The topological polar surface area (TPSA) is 62.2 Å². The molecule has 102 valence electrons. The Morgan fingerprint density at radius 3 is 2.95 bits per heavy atom. The SMILES string of the molecule is O=C(O)C1C=CC(Nc2ccnc3cc(Cl)ccc23)C1. The van der Waals surface area contributed by atoms with Crippen LogP contribution in [0.15, 0.2) is 42.6 Å². The molecule has 4 nitrogen and oxygen atoms in total. The summed E-state index contributed by atoms with van der Waals surface area (Å²) in [6, 6.07) is 7.46. The second-order valence-corrected chi connectivity index (χ2v) is 5.27. The van der Waals surface area contributed by atoms with E-state index in [4.69, 9.17) is 16.7 Å². The summed E-state index contributed by atoms with van der Waals surface area (Å²) in [6.07, 6.45) is 5.92. The normalized spacial score (nSPS) is 21.2. The molecule has 2 aromatic rings. The zero-order valence-corrected chi connectivity index (χ0v) is 11.3. The summed E-state index contributed by atoms with van der Waals surface area (Å²) in [5.74, 6) is -1.19. The molecule has 1 aromatic carbocycles. The number of nitrogens with one attached hydrogen (secondary N) is 1. The first-order valence-electron chi connectivity index (χ1n) is 6.35. The summed E-state index contributed by atoms with van der Waals surface area (Å²) in [6.45, 7) is 0. The molecule has 0 bridgehead atoms. The van der Waals surface area contributed by atoms with Crippen molar-refractivity contribution < 1.29 is 9.90 Å². The first kappa shape index (κ1) is 12.9. The van der Waals surface area contributed by atoms with Gasteiger partial charge in [0.05, 0.1) is 11.4 Å². The summed E-state index contributed by atoms with van der Waals surface area (Å²) in [5.41, 5.74) is 1.76. The van der Waals surface area contributed by atoms with Gasteiger partial charge in [0.1, 0.15) is 0 Å². The molecular weight excluding hydrogens is 276 g/mol. The van der Waals surface area contributed by atoms with Gasteiger partial charge in [0.15, 0.2) is 0 Å². The standard InChI is InChI=1S/C15H13ClN2O2/c16-10-2-4-12-13(5-6-17-14(12)8-10)18-11-3-1-9(7-11)15(19)20/h1-6,8-9,11H,7H2,(H,17,18)(H,19,20). The van der Waals surface area contributed by atoms with E-state index in [1.54, 1.807) is 12.3 Å². The van der Waals surface area contributed by atoms with E-state index in [0.29, 0.717) is 11.4 Å². The number of aromatic nitrogens is 1. The number of halogens is 1. The van der Waals surface area contributed by atoms with Crippen molar-refractivity contribution in [3.63, 3.8) is 0 Å². The predicted molar refractivity (Wildman–Crippen MR) is 79.0 cm³/mol. The number of rotatable bonds is 3. The van der Waals surface area contributed by atoms with Crippen molar-refractivity contribution >= 4 is 34.2 Å². The third-order valence-corrected chi connectivity index (χ3v) is 3.68. The molecule has 1 heterocycles. The number of anilines is 1. The molecule has 20 heavy (non-hydrogen) atoms. The minimum Gasteiger partial charge on any atom is -0.481 e. The quantitative estimate of drug-likeness (QED) is 0.851. The number of carboxylic acid groups (broad SMARTS) is 1. The molecule has 0 saturated carbocycles. The molecule has 1 aromatic heterocycles. The second kappa shape index (κ2) is 5.13. The van der Waals surface area contributed by atoms with Gasteiger partial charge in [0.2, 0.25) is 0 Å². The first-order chi connectivity index (χ1) is 9.63. The van der Waals surface area contributed by atoms with Gasteiger partial charge in [0, 0.05) is 28.3 Å². The van der Waals surface area contributed by atoms with Gasteiger partial charge in [-0.15, -0.1) is 0 Å². The minimum absolute atomic E-state index is 0.0254. The largest absolute Gasteiger partial charge is 0.481 e. The van der Waals surface area contributed by atoms with Crippen molar-refractivity contribution in [2.45, 2.75) is 12.5 Å². The Bertz CT molecular complexity index is 699. The van der Waals surface area contributed by atoms with Gasteiger partial charge < -0.3 is 10.4 Å². The van der Waals surface area contributed by atoms with Crippen LogP contribution in [0.3, 0.4) is 0 Å². The highest BCUT2D eigenvalue weighted by Gasteiger charge is 2.24. The van der Waals surface area contributed by atoms with Gasteiger partial charge in [-0.1, -0.05) is 23.8 Å². The summed E-state index contributed by atoms with van der Waals surface area (Å²) >= 11 is 5.96. The maximum atomic E-state index is 10.9. The zero-order valence-electron chi connectivity index (χ0n) is 10.6. The van der Waals surface area contributed by atoms with Gasteiger partial charge in [-0.25, -0.2) is 0 Å². The van der Waals surface area contributed by atoms with Crippen LogP contribution in [-0.2, 0) is 4.79 Å². The van der Waals surface area contributed by atoms with Gasteiger partial charge in [-0.05, 0) is 30.7 Å². The van der Waals surface area contributed by atoms with Crippen LogP contribution < -0.4 is 5.32 Å². The monoisotopic (exact) mass is 288 g/mol. The van der Waals surface area contributed by atoms with E-state index in [1.807, 2.05) is 30.3 Å². The maximum Gasteiger partial charge on any atom is 0.310 e. The molecule has 0 aliphatic heterocycles. The maximum absolute atomic E-state index is 10.9.